The Hall–Kier alpha value is -3.15. The highest BCUT2D eigenvalue weighted by Crippen LogP contribution is 2.36. The van der Waals surface area contributed by atoms with E-state index in [1.165, 1.54) is 11.6 Å². The number of non-ortho nitro benzene ring substituents is 1. The van der Waals surface area contributed by atoms with Crippen LogP contribution in [0.25, 0.3) is 16.9 Å². The van der Waals surface area contributed by atoms with E-state index in [1.807, 2.05) is 17.7 Å². The largest absolute Gasteiger partial charge is 0.369 e. The third-order valence-electron chi connectivity index (χ3n) is 4.57. The lowest BCUT2D eigenvalue weighted by Crippen LogP contribution is -2.06. The van der Waals surface area contributed by atoms with Crippen LogP contribution in [0, 0.1) is 24.0 Å². The standard InChI is InChI=1S/C19H18N4O2/c1-12-4-3-5-14(10-12)18-16-8-9-20-19(16)22(21-18)17-11-15(23(24)25)7-6-13(17)2/h3-7,10-11,20H,8-9H2,1-2H3. The zero-order chi connectivity index (χ0) is 17.6. The second kappa shape index (κ2) is 5.73. The summed E-state index contributed by atoms with van der Waals surface area (Å²) in [6, 6.07) is 13.1. The molecule has 1 aromatic heterocycles. The number of aromatic nitrogens is 2. The Morgan fingerprint density at radius 3 is 2.80 bits per heavy atom. The van der Waals surface area contributed by atoms with Gasteiger partial charge in [0.15, 0.2) is 0 Å². The van der Waals surface area contributed by atoms with Crippen LogP contribution in [-0.4, -0.2) is 21.2 Å². The van der Waals surface area contributed by atoms with E-state index in [1.54, 1.807) is 12.1 Å². The normalized spacial score (nSPS) is 12.7. The molecular formula is C19H18N4O2. The summed E-state index contributed by atoms with van der Waals surface area (Å²) in [5.74, 6) is 0.931. The fraction of sp³-hybridized carbons (Fsp3) is 0.211. The molecule has 0 fully saturated rings. The smallest absolute Gasteiger partial charge is 0.271 e. The number of hydrogen-bond acceptors (Lipinski definition) is 4. The van der Waals surface area contributed by atoms with Gasteiger partial charge in [0.05, 0.1) is 16.3 Å². The van der Waals surface area contributed by atoms with Crippen molar-refractivity contribution in [3.63, 3.8) is 0 Å². The van der Waals surface area contributed by atoms with Crippen LogP contribution in [0.5, 0.6) is 0 Å². The molecular weight excluding hydrogens is 316 g/mol. The molecule has 126 valence electrons. The topological polar surface area (TPSA) is 73.0 Å². The van der Waals surface area contributed by atoms with Crippen LogP contribution < -0.4 is 5.32 Å². The second-order valence-corrected chi connectivity index (χ2v) is 6.36. The molecule has 1 N–H and O–H groups in total. The lowest BCUT2D eigenvalue weighted by atomic mass is 10.0. The number of aryl methyl sites for hydroxylation is 2. The Labute approximate surface area is 145 Å². The van der Waals surface area contributed by atoms with Crippen LogP contribution in [0.2, 0.25) is 0 Å². The van der Waals surface area contributed by atoms with E-state index < -0.39 is 0 Å². The van der Waals surface area contributed by atoms with Crippen molar-refractivity contribution in [1.82, 2.24) is 9.78 Å². The first-order chi connectivity index (χ1) is 12.0. The van der Waals surface area contributed by atoms with Crippen molar-refractivity contribution in [2.75, 3.05) is 11.9 Å². The van der Waals surface area contributed by atoms with Crippen LogP contribution in [-0.2, 0) is 6.42 Å². The minimum atomic E-state index is -0.373. The number of benzene rings is 2. The van der Waals surface area contributed by atoms with E-state index in [2.05, 4.69) is 30.4 Å². The van der Waals surface area contributed by atoms with E-state index in [9.17, 15) is 10.1 Å². The van der Waals surface area contributed by atoms with Gasteiger partial charge in [0, 0.05) is 29.8 Å². The highest BCUT2D eigenvalue weighted by atomic mass is 16.6. The molecule has 0 spiro atoms. The first-order valence-corrected chi connectivity index (χ1v) is 8.23. The Bertz CT molecular complexity index is 991. The number of nitrogens with one attached hydrogen (secondary N) is 1. The molecule has 3 aromatic rings. The summed E-state index contributed by atoms with van der Waals surface area (Å²) in [5, 5.41) is 19.3. The van der Waals surface area contributed by atoms with Crippen molar-refractivity contribution in [2.24, 2.45) is 0 Å². The Kier molecular flexibility index (Phi) is 3.53. The summed E-state index contributed by atoms with van der Waals surface area (Å²) < 4.78 is 1.81. The van der Waals surface area contributed by atoms with Crippen LogP contribution in [0.4, 0.5) is 11.5 Å². The minimum Gasteiger partial charge on any atom is -0.369 e. The van der Waals surface area contributed by atoms with Gasteiger partial charge < -0.3 is 5.32 Å². The Morgan fingerprint density at radius 1 is 1.20 bits per heavy atom. The van der Waals surface area contributed by atoms with E-state index in [-0.39, 0.29) is 10.6 Å². The molecule has 0 aliphatic carbocycles. The SMILES string of the molecule is Cc1cccc(-c2nn(-c3cc([N+](=O)[O-])ccc3C)c3c2CCN3)c1. The summed E-state index contributed by atoms with van der Waals surface area (Å²) in [6.45, 7) is 4.85. The van der Waals surface area contributed by atoms with Crippen LogP contribution in [0.3, 0.4) is 0 Å². The van der Waals surface area contributed by atoms with E-state index in [0.29, 0.717) is 0 Å². The van der Waals surface area contributed by atoms with Gasteiger partial charge in [0.25, 0.3) is 5.69 Å². The van der Waals surface area contributed by atoms with E-state index >= 15 is 0 Å². The molecule has 0 atom stereocenters. The quantitative estimate of drug-likeness (QED) is 0.580. The Balaban J connectivity index is 1.92. The number of nitro groups is 1. The van der Waals surface area contributed by atoms with Gasteiger partial charge in [0.2, 0.25) is 0 Å². The van der Waals surface area contributed by atoms with Gasteiger partial charge in [-0.15, -0.1) is 0 Å². The number of rotatable bonds is 3. The molecule has 25 heavy (non-hydrogen) atoms. The van der Waals surface area contributed by atoms with Crippen molar-refractivity contribution in [1.29, 1.82) is 0 Å². The van der Waals surface area contributed by atoms with Crippen molar-refractivity contribution < 1.29 is 4.92 Å². The average molecular weight is 334 g/mol. The van der Waals surface area contributed by atoms with Crippen molar-refractivity contribution in [2.45, 2.75) is 20.3 Å². The van der Waals surface area contributed by atoms with Gasteiger partial charge in [0.1, 0.15) is 5.82 Å². The first kappa shape index (κ1) is 15.4. The third kappa shape index (κ3) is 2.55. The lowest BCUT2D eigenvalue weighted by molar-refractivity contribution is -0.384. The molecule has 6 nitrogen and oxygen atoms in total. The zero-order valence-electron chi connectivity index (χ0n) is 14.1. The monoisotopic (exact) mass is 334 g/mol. The fourth-order valence-corrected chi connectivity index (χ4v) is 3.31. The molecule has 2 heterocycles. The number of nitrogens with zero attached hydrogens (tertiary/aromatic N) is 3. The number of fused-ring (bicyclic) bond motifs is 1. The predicted octanol–water partition coefficient (Wildman–Crippen LogP) is 4.03. The molecule has 0 bridgehead atoms. The maximum absolute atomic E-state index is 11.2. The molecule has 1 aliphatic rings. The Morgan fingerprint density at radius 2 is 2.04 bits per heavy atom. The fourth-order valence-electron chi connectivity index (χ4n) is 3.31. The average Bonchev–Trinajstić information content (AvgIpc) is 3.17. The van der Waals surface area contributed by atoms with Crippen molar-refractivity contribution in [3.05, 3.63) is 69.3 Å². The minimum absolute atomic E-state index is 0.0694. The molecule has 2 aromatic carbocycles. The first-order valence-electron chi connectivity index (χ1n) is 8.23. The molecule has 0 radical (unpaired) electrons. The highest BCUT2D eigenvalue weighted by molar-refractivity contribution is 5.73. The number of anilines is 1. The summed E-state index contributed by atoms with van der Waals surface area (Å²) in [6.07, 6.45) is 0.895. The van der Waals surface area contributed by atoms with Crippen LogP contribution >= 0.6 is 0 Å². The maximum atomic E-state index is 11.2. The van der Waals surface area contributed by atoms with E-state index in [4.69, 9.17) is 5.10 Å². The molecule has 0 unspecified atom stereocenters. The molecule has 6 heteroatoms. The van der Waals surface area contributed by atoms with Crippen molar-refractivity contribution in [3.8, 4) is 16.9 Å². The lowest BCUT2D eigenvalue weighted by Gasteiger charge is -2.09. The summed E-state index contributed by atoms with van der Waals surface area (Å²) in [5.41, 5.74) is 6.10. The molecule has 4 rings (SSSR count). The zero-order valence-corrected chi connectivity index (χ0v) is 14.1. The second-order valence-electron chi connectivity index (χ2n) is 6.36. The van der Waals surface area contributed by atoms with Crippen LogP contribution in [0.1, 0.15) is 16.7 Å². The van der Waals surface area contributed by atoms with Gasteiger partial charge in [-0.05, 0) is 31.9 Å². The highest BCUT2D eigenvalue weighted by Gasteiger charge is 2.25. The van der Waals surface area contributed by atoms with Gasteiger partial charge in [-0.2, -0.15) is 5.10 Å². The molecule has 0 saturated carbocycles. The van der Waals surface area contributed by atoms with Gasteiger partial charge >= 0.3 is 0 Å². The summed E-state index contributed by atoms with van der Waals surface area (Å²) in [4.78, 5) is 10.8. The third-order valence-corrected chi connectivity index (χ3v) is 4.57. The number of hydrogen-bond donors (Lipinski definition) is 1. The number of nitro benzene ring substituents is 1. The summed E-state index contributed by atoms with van der Waals surface area (Å²) in [7, 11) is 0. The maximum Gasteiger partial charge on any atom is 0.271 e. The van der Waals surface area contributed by atoms with Crippen LogP contribution in [0.15, 0.2) is 42.5 Å². The van der Waals surface area contributed by atoms with Gasteiger partial charge in [-0.25, -0.2) is 4.68 Å². The van der Waals surface area contributed by atoms with Gasteiger partial charge in [-0.3, -0.25) is 10.1 Å². The predicted molar refractivity (Wildman–Crippen MR) is 97.3 cm³/mol. The molecule has 1 aliphatic heterocycles. The summed E-state index contributed by atoms with van der Waals surface area (Å²) >= 11 is 0. The molecule has 0 amide bonds. The van der Waals surface area contributed by atoms with Gasteiger partial charge in [-0.1, -0.05) is 29.8 Å². The van der Waals surface area contributed by atoms with Crippen molar-refractivity contribution >= 4 is 11.5 Å². The molecule has 0 saturated heterocycles. The van der Waals surface area contributed by atoms with E-state index in [0.717, 1.165) is 46.9 Å².